The molecule has 12 nitrogen and oxygen atoms in total. The quantitative estimate of drug-likeness (QED) is 0.250. The third-order valence-corrected chi connectivity index (χ3v) is 7.62. The lowest BCUT2D eigenvalue weighted by molar-refractivity contribution is 0.0827. The lowest BCUT2D eigenvalue weighted by Gasteiger charge is -2.29. The topological polar surface area (TPSA) is 129 Å². The average molecular weight is 636 g/mol. The first-order valence-corrected chi connectivity index (χ1v) is 15.0. The van der Waals surface area contributed by atoms with E-state index in [-0.39, 0.29) is 23.0 Å². The van der Waals surface area contributed by atoms with Gasteiger partial charge in [-0.05, 0) is 60.2 Å². The summed E-state index contributed by atoms with van der Waals surface area (Å²) in [5.74, 6) is 0.778. The summed E-state index contributed by atoms with van der Waals surface area (Å²) >= 11 is 0. The molecular formula is C34H34FN9O3. The Labute approximate surface area is 271 Å². The summed E-state index contributed by atoms with van der Waals surface area (Å²) in [7, 11) is 7.09. The van der Waals surface area contributed by atoms with Gasteiger partial charge < -0.3 is 30.1 Å². The fourth-order valence-corrected chi connectivity index (χ4v) is 5.15. The molecule has 13 heteroatoms. The van der Waals surface area contributed by atoms with E-state index in [1.807, 2.05) is 37.2 Å². The van der Waals surface area contributed by atoms with Crippen molar-refractivity contribution in [2.45, 2.75) is 0 Å². The van der Waals surface area contributed by atoms with Gasteiger partial charge in [0.05, 0.1) is 24.3 Å². The Morgan fingerprint density at radius 1 is 0.830 bits per heavy atom. The molecule has 3 aromatic carbocycles. The Bertz CT molecular complexity index is 1930. The number of ether oxygens (including phenoxy) is 1. The fraction of sp³-hybridized carbons (Fsp3) is 0.235. The minimum Gasteiger partial charge on any atom is -0.378 e. The van der Waals surface area contributed by atoms with Gasteiger partial charge in [-0.15, -0.1) is 0 Å². The standard InChI is InChI=1S/C34H34FN9O3/c1-42(2)32(45)21-5-8-24(9-6-21)38-34(46)39-25-10-12-26(28(35)18-25)30-40-29-17-22(23-19-36-33(37-20-23)43(3)4)7-11-27(29)31(41-30)44-13-15-47-16-14-44/h5-12,17-20H,13-16H2,1-4H3,(H2,38,39,46). The number of hydrogen-bond donors (Lipinski definition) is 2. The molecule has 0 unspecified atom stereocenters. The molecule has 0 aliphatic carbocycles. The molecule has 1 fully saturated rings. The maximum absolute atomic E-state index is 15.7. The number of amides is 3. The van der Waals surface area contributed by atoms with E-state index in [2.05, 4.69) is 25.5 Å². The van der Waals surface area contributed by atoms with Gasteiger partial charge in [0.2, 0.25) is 5.95 Å². The van der Waals surface area contributed by atoms with E-state index < -0.39 is 11.8 Å². The molecule has 3 amide bonds. The van der Waals surface area contributed by atoms with Crippen molar-refractivity contribution in [1.82, 2.24) is 24.8 Å². The van der Waals surface area contributed by atoms with Gasteiger partial charge >= 0.3 is 6.03 Å². The second-order valence-electron chi connectivity index (χ2n) is 11.4. The van der Waals surface area contributed by atoms with E-state index in [0.29, 0.717) is 54.8 Å². The predicted octanol–water partition coefficient (Wildman–Crippen LogP) is 5.14. The highest BCUT2D eigenvalue weighted by Crippen LogP contribution is 2.33. The average Bonchev–Trinajstić information content (AvgIpc) is 3.08. The maximum Gasteiger partial charge on any atom is 0.323 e. The molecule has 47 heavy (non-hydrogen) atoms. The number of fused-ring (bicyclic) bond motifs is 1. The van der Waals surface area contributed by atoms with Crippen LogP contribution < -0.4 is 20.4 Å². The molecule has 1 aliphatic heterocycles. The summed E-state index contributed by atoms with van der Waals surface area (Å²) in [5, 5.41) is 6.18. The van der Waals surface area contributed by atoms with Crippen LogP contribution in [-0.4, -0.2) is 91.3 Å². The van der Waals surface area contributed by atoms with Crippen LogP contribution >= 0.6 is 0 Å². The lowest BCUT2D eigenvalue weighted by Crippen LogP contribution is -2.37. The summed E-state index contributed by atoms with van der Waals surface area (Å²) in [6.45, 7) is 2.40. The monoisotopic (exact) mass is 635 g/mol. The predicted molar refractivity (Wildman–Crippen MR) is 180 cm³/mol. The summed E-state index contributed by atoms with van der Waals surface area (Å²) in [5.41, 5.74) is 3.75. The normalized spacial score (nSPS) is 12.9. The molecule has 3 heterocycles. The van der Waals surface area contributed by atoms with Crippen molar-refractivity contribution in [3.05, 3.63) is 84.4 Å². The van der Waals surface area contributed by atoms with Crippen LogP contribution in [0.25, 0.3) is 33.4 Å². The fourth-order valence-electron chi connectivity index (χ4n) is 5.15. The van der Waals surface area contributed by atoms with Gasteiger partial charge in [0.15, 0.2) is 5.82 Å². The molecule has 0 saturated carbocycles. The number of carbonyl (C=O) groups is 2. The Kier molecular flexibility index (Phi) is 8.89. The van der Waals surface area contributed by atoms with Crippen LogP contribution in [-0.2, 0) is 4.74 Å². The molecule has 0 atom stereocenters. The van der Waals surface area contributed by atoms with Crippen LogP contribution in [0.4, 0.5) is 32.3 Å². The number of aromatic nitrogens is 4. The number of urea groups is 1. The van der Waals surface area contributed by atoms with Crippen molar-refractivity contribution in [1.29, 1.82) is 0 Å². The maximum atomic E-state index is 15.7. The number of halogens is 1. The zero-order chi connectivity index (χ0) is 33.1. The highest BCUT2D eigenvalue weighted by atomic mass is 19.1. The van der Waals surface area contributed by atoms with Crippen LogP contribution in [0.3, 0.4) is 0 Å². The molecule has 1 saturated heterocycles. The SMILES string of the molecule is CN(C)C(=O)c1ccc(NC(=O)Nc2ccc(-c3nc(N4CCOCC4)c4ccc(-c5cnc(N(C)C)nc5)cc4n3)c(F)c2)cc1. The molecular weight excluding hydrogens is 601 g/mol. The van der Waals surface area contributed by atoms with Gasteiger partial charge in [-0.3, -0.25) is 4.79 Å². The Balaban J connectivity index is 1.27. The third-order valence-electron chi connectivity index (χ3n) is 7.62. The highest BCUT2D eigenvalue weighted by molar-refractivity contribution is 6.01. The number of anilines is 4. The molecule has 240 valence electrons. The highest BCUT2D eigenvalue weighted by Gasteiger charge is 2.20. The van der Waals surface area contributed by atoms with Crippen molar-refractivity contribution < 1.29 is 18.7 Å². The molecule has 0 bridgehead atoms. The number of benzene rings is 3. The van der Waals surface area contributed by atoms with Crippen LogP contribution in [0.5, 0.6) is 0 Å². The summed E-state index contributed by atoms with van der Waals surface area (Å²) < 4.78 is 21.2. The number of nitrogens with one attached hydrogen (secondary N) is 2. The lowest BCUT2D eigenvalue weighted by atomic mass is 10.1. The molecule has 5 aromatic rings. The second kappa shape index (κ2) is 13.3. The van der Waals surface area contributed by atoms with Crippen molar-refractivity contribution in [2.24, 2.45) is 0 Å². The minimum atomic E-state index is -0.592. The van der Waals surface area contributed by atoms with Crippen LogP contribution in [0.1, 0.15) is 10.4 Å². The molecule has 6 rings (SSSR count). The first-order chi connectivity index (χ1) is 22.7. The molecule has 2 aromatic heterocycles. The Hall–Kier alpha value is -5.69. The van der Waals surface area contributed by atoms with Crippen molar-refractivity contribution in [2.75, 3.05) is 74.9 Å². The van der Waals surface area contributed by atoms with Crippen molar-refractivity contribution in [3.8, 4) is 22.5 Å². The third kappa shape index (κ3) is 6.94. The second-order valence-corrected chi connectivity index (χ2v) is 11.4. The number of morpholine rings is 1. The van der Waals surface area contributed by atoms with E-state index in [1.54, 1.807) is 62.9 Å². The molecule has 1 aliphatic rings. The number of rotatable bonds is 7. The Morgan fingerprint density at radius 3 is 2.17 bits per heavy atom. The van der Waals surface area contributed by atoms with Gasteiger partial charge in [-0.25, -0.2) is 29.1 Å². The van der Waals surface area contributed by atoms with Gasteiger partial charge in [-0.1, -0.05) is 6.07 Å². The number of carbonyl (C=O) groups excluding carboxylic acids is 2. The van der Waals surface area contributed by atoms with Crippen LogP contribution in [0.15, 0.2) is 73.1 Å². The van der Waals surface area contributed by atoms with Gasteiger partial charge in [0.1, 0.15) is 11.6 Å². The minimum absolute atomic E-state index is 0.144. The zero-order valence-electron chi connectivity index (χ0n) is 26.5. The van der Waals surface area contributed by atoms with Crippen LogP contribution in [0.2, 0.25) is 0 Å². The summed E-state index contributed by atoms with van der Waals surface area (Å²) in [6, 6.07) is 16.2. The first kappa shape index (κ1) is 31.3. The largest absolute Gasteiger partial charge is 0.378 e. The molecule has 2 N–H and O–H groups in total. The summed E-state index contributed by atoms with van der Waals surface area (Å²) in [6.07, 6.45) is 3.52. The van der Waals surface area contributed by atoms with E-state index in [4.69, 9.17) is 14.7 Å². The van der Waals surface area contributed by atoms with Crippen LogP contribution in [0, 0.1) is 5.82 Å². The van der Waals surface area contributed by atoms with Gasteiger partial charge in [0, 0.05) is 81.6 Å². The summed E-state index contributed by atoms with van der Waals surface area (Å²) in [4.78, 5) is 48.7. The number of nitrogens with zero attached hydrogens (tertiary/aromatic N) is 7. The number of hydrogen-bond acceptors (Lipinski definition) is 9. The Morgan fingerprint density at radius 2 is 1.51 bits per heavy atom. The van der Waals surface area contributed by atoms with E-state index in [1.165, 1.54) is 11.0 Å². The van der Waals surface area contributed by atoms with E-state index in [9.17, 15) is 9.59 Å². The molecule has 0 radical (unpaired) electrons. The first-order valence-electron chi connectivity index (χ1n) is 15.0. The van der Waals surface area contributed by atoms with Crippen molar-refractivity contribution in [3.63, 3.8) is 0 Å². The van der Waals surface area contributed by atoms with E-state index >= 15 is 4.39 Å². The zero-order valence-corrected chi connectivity index (χ0v) is 26.5. The van der Waals surface area contributed by atoms with Gasteiger partial charge in [-0.2, -0.15) is 0 Å². The van der Waals surface area contributed by atoms with Crippen molar-refractivity contribution >= 4 is 46.0 Å². The smallest absolute Gasteiger partial charge is 0.323 e. The van der Waals surface area contributed by atoms with Gasteiger partial charge in [0.25, 0.3) is 5.91 Å². The van der Waals surface area contributed by atoms with E-state index in [0.717, 1.165) is 16.5 Å². The molecule has 0 spiro atoms.